The summed E-state index contributed by atoms with van der Waals surface area (Å²) < 4.78 is 0. The average Bonchev–Trinajstić information content (AvgIpc) is 2.48. The highest BCUT2D eigenvalue weighted by Gasteiger charge is 2.30. The number of hydrogen-bond acceptors (Lipinski definition) is 5. The lowest BCUT2D eigenvalue weighted by molar-refractivity contribution is -0.127. The smallest absolute Gasteiger partial charge is 0.225 e. The lowest BCUT2D eigenvalue weighted by Crippen LogP contribution is -2.51. The third-order valence-electron chi connectivity index (χ3n) is 3.48. The van der Waals surface area contributed by atoms with Crippen LogP contribution in [0.15, 0.2) is 18.5 Å². The number of anilines is 1. The molecule has 0 saturated carbocycles. The molecule has 2 rings (SSSR count). The van der Waals surface area contributed by atoms with E-state index in [1.165, 1.54) is 0 Å². The second-order valence-electron chi connectivity index (χ2n) is 5.87. The van der Waals surface area contributed by atoms with Gasteiger partial charge in [0.25, 0.3) is 0 Å². The van der Waals surface area contributed by atoms with Gasteiger partial charge in [0.1, 0.15) is 0 Å². The molecule has 6 nitrogen and oxygen atoms in total. The third kappa shape index (κ3) is 3.66. The first-order valence-electron chi connectivity index (χ1n) is 6.97. The molecule has 1 unspecified atom stereocenters. The van der Waals surface area contributed by atoms with Gasteiger partial charge in [-0.2, -0.15) is 0 Å². The number of piperidine rings is 1. The molecule has 6 heteroatoms. The fraction of sp³-hybridized carbons (Fsp3) is 0.643. The molecule has 1 atom stereocenters. The number of aliphatic hydroxyl groups is 1. The lowest BCUT2D eigenvalue weighted by atomic mass is 9.95. The van der Waals surface area contributed by atoms with E-state index in [2.05, 4.69) is 15.3 Å². The first-order chi connectivity index (χ1) is 9.52. The van der Waals surface area contributed by atoms with Crippen molar-refractivity contribution in [3.05, 3.63) is 18.5 Å². The summed E-state index contributed by atoms with van der Waals surface area (Å²) in [6.45, 7) is 5.04. The van der Waals surface area contributed by atoms with Crippen LogP contribution in [0.1, 0.15) is 26.7 Å². The summed E-state index contributed by atoms with van der Waals surface area (Å²) >= 11 is 0. The fourth-order valence-electron chi connectivity index (χ4n) is 2.30. The Kier molecular flexibility index (Phi) is 4.54. The maximum atomic E-state index is 12.3. The van der Waals surface area contributed by atoms with Crippen LogP contribution in [0.25, 0.3) is 0 Å². The molecule has 1 fully saturated rings. The molecule has 1 aliphatic rings. The van der Waals surface area contributed by atoms with Crippen molar-refractivity contribution in [3.63, 3.8) is 0 Å². The molecule has 1 amide bonds. The molecule has 1 aromatic rings. The minimum atomic E-state index is -0.581. The average molecular weight is 278 g/mol. The van der Waals surface area contributed by atoms with Crippen LogP contribution in [0.3, 0.4) is 0 Å². The largest absolute Gasteiger partial charge is 0.394 e. The molecule has 1 aliphatic heterocycles. The normalized spacial score (nSPS) is 19.8. The van der Waals surface area contributed by atoms with Crippen molar-refractivity contribution >= 4 is 11.9 Å². The molecule has 0 spiro atoms. The van der Waals surface area contributed by atoms with Gasteiger partial charge in [-0.3, -0.25) is 4.79 Å². The number of aliphatic hydroxyl groups excluding tert-OH is 1. The Morgan fingerprint density at radius 3 is 2.85 bits per heavy atom. The minimum absolute atomic E-state index is 0.00955. The highest BCUT2D eigenvalue weighted by atomic mass is 16.3. The van der Waals surface area contributed by atoms with Crippen molar-refractivity contribution in [2.24, 2.45) is 5.92 Å². The van der Waals surface area contributed by atoms with E-state index >= 15 is 0 Å². The number of carbonyl (C=O) groups is 1. The van der Waals surface area contributed by atoms with Gasteiger partial charge in [-0.05, 0) is 32.8 Å². The molecule has 110 valence electrons. The monoisotopic (exact) mass is 278 g/mol. The minimum Gasteiger partial charge on any atom is -0.394 e. The lowest BCUT2D eigenvalue weighted by Gasteiger charge is -2.34. The molecule has 2 N–H and O–H groups in total. The zero-order chi connectivity index (χ0) is 14.6. The Morgan fingerprint density at radius 1 is 1.50 bits per heavy atom. The van der Waals surface area contributed by atoms with Crippen LogP contribution in [-0.2, 0) is 4.79 Å². The van der Waals surface area contributed by atoms with Gasteiger partial charge in [0.05, 0.1) is 18.1 Å². The number of amides is 1. The Morgan fingerprint density at radius 2 is 2.20 bits per heavy atom. The van der Waals surface area contributed by atoms with Crippen molar-refractivity contribution in [3.8, 4) is 0 Å². The predicted octanol–water partition coefficient (Wildman–Crippen LogP) is 0.580. The van der Waals surface area contributed by atoms with Crippen LogP contribution >= 0.6 is 0 Å². The Balaban J connectivity index is 1.98. The highest BCUT2D eigenvalue weighted by molar-refractivity contribution is 5.80. The maximum absolute atomic E-state index is 12.3. The molecular formula is C14H22N4O2. The van der Waals surface area contributed by atoms with Crippen LogP contribution in [0, 0.1) is 5.92 Å². The molecular weight excluding hydrogens is 256 g/mol. The van der Waals surface area contributed by atoms with Gasteiger partial charge in [-0.25, -0.2) is 9.97 Å². The van der Waals surface area contributed by atoms with Gasteiger partial charge in [0.2, 0.25) is 11.9 Å². The van der Waals surface area contributed by atoms with E-state index in [4.69, 9.17) is 0 Å². The van der Waals surface area contributed by atoms with Crippen molar-refractivity contribution in [2.75, 3.05) is 24.6 Å². The molecule has 2 heterocycles. The van der Waals surface area contributed by atoms with Crippen LogP contribution in [0.2, 0.25) is 0 Å². The highest BCUT2D eigenvalue weighted by Crippen LogP contribution is 2.20. The van der Waals surface area contributed by atoms with E-state index in [1.807, 2.05) is 18.7 Å². The second kappa shape index (κ2) is 6.17. The van der Waals surface area contributed by atoms with Crippen LogP contribution in [-0.4, -0.2) is 46.2 Å². The summed E-state index contributed by atoms with van der Waals surface area (Å²) in [4.78, 5) is 22.8. The van der Waals surface area contributed by atoms with Crippen molar-refractivity contribution in [1.82, 2.24) is 15.3 Å². The fourth-order valence-corrected chi connectivity index (χ4v) is 2.30. The quantitative estimate of drug-likeness (QED) is 0.842. The molecule has 1 aromatic heterocycles. The number of rotatable bonds is 4. The van der Waals surface area contributed by atoms with Crippen molar-refractivity contribution in [2.45, 2.75) is 32.2 Å². The Bertz CT molecular complexity index is 450. The number of hydrogen-bond donors (Lipinski definition) is 2. The standard InChI is InChI=1S/C14H22N4O2/c1-14(2,10-19)17-12(20)11-5-3-8-18(9-11)13-15-6-4-7-16-13/h4,6-7,11,19H,3,5,8-10H2,1-2H3,(H,17,20). The molecule has 0 bridgehead atoms. The number of aromatic nitrogens is 2. The van der Waals surface area contributed by atoms with Gasteiger partial charge in [0.15, 0.2) is 0 Å². The van der Waals surface area contributed by atoms with Crippen LogP contribution in [0.5, 0.6) is 0 Å². The number of nitrogens with one attached hydrogen (secondary N) is 1. The van der Waals surface area contributed by atoms with Crippen molar-refractivity contribution < 1.29 is 9.90 Å². The van der Waals surface area contributed by atoms with E-state index in [-0.39, 0.29) is 18.4 Å². The number of nitrogens with zero attached hydrogens (tertiary/aromatic N) is 3. The van der Waals surface area contributed by atoms with E-state index in [0.29, 0.717) is 12.5 Å². The summed E-state index contributed by atoms with van der Waals surface area (Å²) in [5, 5.41) is 12.1. The Hall–Kier alpha value is -1.69. The first kappa shape index (κ1) is 14.7. The molecule has 0 aliphatic carbocycles. The third-order valence-corrected chi connectivity index (χ3v) is 3.48. The molecule has 0 aromatic carbocycles. The SMILES string of the molecule is CC(C)(CO)NC(=O)C1CCCN(c2ncccn2)C1. The van der Waals surface area contributed by atoms with Crippen molar-refractivity contribution in [1.29, 1.82) is 0 Å². The van der Waals surface area contributed by atoms with E-state index in [9.17, 15) is 9.90 Å². The van der Waals surface area contributed by atoms with E-state index in [0.717, 1.165) is 19.4 Å². The second-order valence-corrected chi connectivity index (χ2v) is 5.87. The van der Waals surface area contributed by atoms with Gasteiger partial charge in [-0.15, -0.1) is 0 Å². The first-order valence-corrected chi connectivity index (χ1v) is 6.97. The molecule has 20 heavy (non-hydrogen) atoms. The summed E-state index contributed by atoms with van der Waals surface area (Å²) in [7, 11) is 0. The molecule has 1 saturated heterocycles. The summed E-state index contributed by atoms with van der Waals surface area (Å²) in [5.74, 6) is 0.578. The van der Waals surface area contributed by atoms with Crippen LogP contribution in [0.4, 0.5) is 5.95 Å². The van der Waals surface area contributed by atoms with E-state index < -0.39 is 5.54 Å². The van der Waals surface area contributed by atoms with Gasteiger partial charge in [0, 0.05) is 25.5 Å². The zero-order valence-corrected chi connectivity index (χ0v) is 12.0. The Labute approximate surface area is 119 Å². The number of carbonyl (C=O) groups excluding carboxylic acids is 1. The van der Waals surface area contributed by atoms with Crippen LogP contribution < -0.4 is 10.2 Å². The van der Waals surface area contributed by atoms with Gasteiger partial charge < -0.3 is 15.3 Å². The predicted molar refractivity (Wildman–Crippen MR) is 76.3 cm³/mol. The zero-order valence-electron chi connectivity index (χ0n) is 12.0. The summed E-state index contributed by atoms with van der Waals surface area (Å²) in [5.41, 5.74) is -0.581. The maximum Gasteiger partial charge on any atom is 0.225 e. The molecule has 0 radical (unpaired) electrons. The summed E-state index contributed by atoms with van der Waals surface area (Å²) in [6.07, 6.45) is 5.22. The summed E-state index contributed by atoms with van der Waals surface area (Å²) in [6, 6.07) is 1.78. The van der Waals surface area contributed by atoms with Gasteiger partial charge in [-0.1, -0.05) is 0 Å². The van der Waals surface area contributed by atoms with Gasteiger partial charge >= 0.3 is 0 Å². The van der Waals surface area contributed by atoms with E-state index in [1.54, 1.807) is 18.5 Å². The topological polar surface area (TPSA) is 78.4 Å².